The van der Waals surface area contributed by atoms with E-state index in [9.17, 15) is 8.78 Å². The summed E-state index contributed by atoms with van der Waals surface area (Å²) >= 11 is 2.21. The highest BCUT2D eigenvalue weighted by Gasteiger charge is 2.37. The summed E-state index contributed by atoms with van der Waals surface area (Å²) in [6, 6.07) is 7.70. The van der Waals surface area contributed by atoms with Crippen molar-refractivity contribution >= 4 is 22.6 Å². The Morgan fingerprint density at radius 1 is 1.41 bits per heavy atom. The van der Waals surface area contributed by atoms with E-state index in [1.165, 1.54) is 0 Å². The van der Waals surface area contributed by atoms with Crippen molar-refractivity contribution in [1.29, 1.82) is 0 Å². The Morgan fingerprint density at radius 3 is 2.88 bits per heavy atom. The molecule has 0 atom stereocenters. The number of likely N-dealkylation sites (tertiary alicyclic amines) is 1. The third-order valence-corrected chi connectivity index (χ3v) is 3.39. The van der Waals surface area contributed by atoms with Gasteiger partial charge in [-0.1, -0.05) is 6.07 Å². The van der Waals surface area contributed by atoms with Gasteiger partial charge in [-0.15, -0.1) is 0 Å². The normalized spacial score (nSPS) is 19.5. The molecule has 0 unspecified atom stereocenters. The van der Waals surface area contributed by atoms with Crippen molar-refractivity contribution in [3.63, 3.8) is 0 Å². The lowest BCUT2D eigenvalue weighted by atomic mass is 10.3. The van der Waals surface area contributed by atoms with Crippen LogP contribution in [0.25, 0.3) is 0 Å². The van der Waals surface area contributed by atoms with E-state index in [2.05, 4.69) is 22.6 Å². The van der Waals surface area contributed by atoms with E-state index in [0.29, 0.717) is 19.7 Å². The fourth-order valence-corrected chi connectivity index (χ4v) is 2.36. The van der Waals surface area contributed by atoms with Crippen molar-refractivity contribution in [1.82, 2.24) is 4.90 Å². The third kappa shape index (κ3) is 4.06. The molecule has 0 aliphatic carbocycles. The van der Waals surface area contributed by atoms with E-state index >= 15 is 0 Å². The number of hydrogen-bond acceptors (Lipinski definition) is 2. The molecule has 0 aromatic heterocycles. The number of alkyl halides is 2. The highest BCUT2D eigenvalue weighted by atomic mass is 127. The molecule has 1 aliphatic heterocycles. The van der Waals surface area contributed by atoms with Gasteiger partial charge in [-0.05, 0) is 40.8 Å². The Hall–Kier alpha value is -0.430. The molecule has 0 amide bonds. The average Bonchev–Trinajstić information content (AvgIpc) is 2.58. The van der Waals surface area contributed by atoms with Crippen LogP contribution in [0.1, 0.15) is 6.42 Å². The maximum atomic E-state index is 12.9. The largest absolute Gasteiger partial charge is 0.492 e. The second kappa shape index (κ2) is 5.48. The average molecular weight is 353 g/mol. The highest BCUT2D eigenvalue weighted by Crippen LogP contribution is 2.26. The first kappa shape index (κ1) is 13.0. The number of ether oxygens (including phenoxy) is 1. The molecule has 2 rings (SSSR count). The summed E-state index contributed by atoms with van der Waals surface area (Å²) in [5.41, 5.74) is 0. The van der Waals surface area contributed by atoms with Crippen LogP contribution in [0.5, 0.6) is 5.75 Å². The molecule has 1 aliphatic rings. The van der Waals surface area contributed by atoms with Gasteiger partial charge in [0.15, 0.2) is 0 Å². The van der Waals surface area contributed by atoms with Gasteiger partial charge in [0.25, 0.3) is 5.92 Å². The molecule has 1 aromatic rings. The van der Waals surface area contributed by atoms with Gasteiger partial charge in [-0.3, -0.25) is 4.90 Å². The molecule has 2 nitrogen and oxygen atoms in total. The van der Waals surface area contributed by atoms with E-state index in [-0.39, 0.29) is 13.0 Å². The topological polar surface area (TPSA) is 12.5 Å². The maximum absolute atomic E-state index is 12.9. The van der Waals surface area contributed by atoms with Gasteiger partial charge in [-0.2, -0.15) is 0 Å². The summed E-state index contributed by atoms with van der Waals surface area (Å²) in [5, 5.41) is 0. The molecule has 0 spiro atoms. The number of hydrogen-bond donors (Lipinski definition) is 0. The molecule has 17 heavy (non-hydrogen) atoms. The van der Waals surface area contributed by atoms with Gasteiger partial charge in [-0.25, -0.2) is 8.78 Å². The van der Waals surface area contributed by atoms with Gasteiger partial charge in [0, 0.05) is 23.1 Å². The monoisotopic (exact) mass is 353 g/mol. The summed E-state index contributed by atoms with van der Waals surface area (Å²) in [5.74, 6) is -1.72. The lowest BCUT2D eigenvalue weighted by Crippen LogP contribution is -2.29. The predicted molar refractivity (Wildman–Crippen MR) is 70.7 cm³/mol. The smallest absolute Gasteiger partial charge is 0.261 e. The molecule has 1 aromatic carbocycles. The van der Waals surface area contributed by atoms with Crippen LogP contribution >= 0.6 is 22.6 Å². The third-order valence-electron chi connectivity index (χ3n) is 2.72. The van der Waals surface area contributed by atoms with Gasteiger partial charge >= 0.3 is 0 Å². The molecular formula is C12H14F2INO. The van der Waals surface area contributed by atoms with Crippen molar-refractivity contribution in [2.45, 2.75) is 12.3 Å². The molecular weight excluding hydrogens is 339 g/mol. The van der Waals surface area contributed by atoms with Crippen LogP contribution < -0.4 is 4.74 Å². The molecule has 5 heteroatoms. The summed E-state index contributed by atoms with van der Waals surface area (Å²) < 4.78 is 32.5. The first-order chi connectivity index (χ1) is 8.05. The van der Waals surface area contributed by atoms with E-state index < -0.39 is 5.92 Å². The molecule has 1 saturated heterocycles. The van der Waals surface area contributed by atoms with E-state index in [4.69, 9.17) is 4.74 Å². The van der Waals surface area contributed by atoms with Crippen LogP contribution in [-0.2, 0) is 0 Å². The quantitative estimate of drug-likeness (QED) is 0.772. The molecule has 94 valence electrons. The highest BCUT2D eigenvalue weighted by molar-refractivity contribution is 14.1. The summed E-state index contributed by atoms with van der Waals surface area (Å²) in [6.45, 7) is 1.34. The zero-order chi connectivity index (χ0) is 12.3. The van der Waals surface area contributed by atoms with Crippen LogP contribution in [0.2, 0.25) is 0 Å². The van der Waals surface area contributed by atoms with Crippen LogP contribution in [-0.4, -0.2) is 37.1 Å². The van der Waals surface area contributed by atoms with Gasteiger partial charge in [0.1, 0.15) is 12.4 Å². The molecule has 0 radical (unpaired) electrons. The second-order valence-corrected chi connectivity index (χ2v) is 5.43. The zero-order valence-electron chi connectivity index (χ0n) is 9.33. The number of halogens is 3. The SMILES string of the molecule is FC1(F)CCN(CCOc2cccc(I)c2)C1. The van der Waals surface area contributed by atoms with Crippen molar-refractivity contribution in [3.8, 4) is 5.75 Å². The van der Waals surface area contributed by atoms with Crippen molar-refractivity contribution in [2.75, 3.05) is 26.2 Å². The van der Waals surface area contributed by atoms with Crippen LogP contribution in [0.4, 0.5) is 8.78 Å². The minimum atomic E-state index is -2.51. The molecule has 0 bridgehead atoms. The molecule has 1 heterocycles. The lowest BCUT2D eigenvalue weighted by molar-refractivity contribution is 0.0113. The van der Waals surface area contributed by atoms with Crippen LogP contribution in [0.15, 0.2) is 24.3 Å². The minimum absolute atomic E-state index is 0.0315. The first-order valence-corrected chi connectivity index (χ1v) is 6.62. The zero-order valence-corrected chi connectivity index (χ0v) is 11.5. The molecule has 0 saturated carbocycles. The number of rotatable bonds is 4. The lowest BCUT2D eigenvalue weighted by Gasteiger charge is -2.15. The Morgan fingerprint density at radius 2 is 2.24 bits per heavy atom. The van der Waals surface area contributed by atoms with Gasteiger partial charge < -0.3 is 4.74 Å². The number of nitrogens with zero attached hydrogens (tertiary/aromatic N) is 1. The van der Waals surface area contributed by atoms with Crippen molar-refractivity contribution in [3.05, 3.63) is 27.8 Å². The maximum Gasteiger partial charge on any atom is 0.261 e. The first-order valence-electron chi connectivity index (χ1n) is 5.54. The molecule has 1 fully saturated rings. The van der Waals surface area contributed by atoms with Gasteiger partial charge in [0.2, 0.25) is 0 Å². The van der Waals surface area contributed by atoms with Crippen molar-refractivity contribution in [2.24, 2.45) is 0 Å². The summed E-state index contributed by atoms with van der Waals surface area (Å²) in [6.07, 6.45) is -0.0315. The summed E-state index contributed by atoms with van der Waals surface area (Å²) in [7, 11) is 0. The molecule has 0 N–H and O–H groups in total. The van der Waals surface area contributed by atoms with E-state index in [1.807, 2.05) is 24.3 Å². The van der Waals surface area contributed by atoms with E-state index in [1.54, 1.807) is 4.90 Å². The Balaban J connectivity index is 1.73. The van der Waals surface area contributed by atoms with E-state index in [0.717, 1.165) is 9.32 Å². The van der Waals surface area contributed by atoms with Crippen LogP contribution in [0, 0.1) is 3.57 Å². The van der Waals surface area contributed by atoms with Gasteiger partial charge in [0.05, 0.1) is 6.54 Å². The van der Waals surface area contributed by atoms with Crippen LogP contribution in [0.3, 0.4) is 0 Å². The minimum Gasteiger partial charge on any atom is -0.492 e. The Bertz CT molecular complexity index is 387. The summed E-state index contributed by atoms with van der Waals surface area (Å²) in [4.78, 5) is 1.74. The fourth-order valence-electron chi connectivity index (χ4n) is 1.85. The van der Waals surface area contributed by atoms with Crippen molar-refractivity contribution < 1.29 is 13.5 Å². The number of benzene rings is 1. The standard InChI is InChI=1S/C12H14F2INO/c13-12(14)4-5-16(9-12)6-7-17-11-3-1-2-10(15)8-11/h1-3,8H,4-7,9H2. The second-order valence-electron chi connectivity index (χ2n) is 4.19. The predicted octanol–water partition coefficient (Wildman–Crippen LogP) is 3.01. The Kier molecular flexibility index (Phi) is 4.19. The fraction of sp³-hybridized carbons (Fsp3) is 0.500. The Labute approximate surface area is 113 Å².